The maximum Gasteiger partial charge on any atom is 0.299 e. The summed E-state index contributed by atoms with van der Waals surface area (Å²) in [5.74, 6) is -1.56. The number of nitrogens with zero attached hydrogens (tertiary/aromatic N) is 2. The van der Waals surface area contributed by atoms with Gasteiger partial charge in [-0.1, -0.05) is 13.0 Å². The Morgan fingerprint density at radius 2 is 1.95 bits per heavy atom. The van der Waals surface area contributed by atoms with Gasteiger partial charge in [0.25, 0.3) is 11.7 Å². The summed E-state index contributed by atoms with van der Waals surface area (Å²) in [6.07, 6.45) is 3.38. The van der Waals surface area contributed by atoms with Crippen LogP contribution < -0.4 is 4.90 Å². The normalized spacial score (nSPS) is 13.7. The number of carbonyl (C=O) groups excluding carboxylic acids is 2. The first-order valence-electron chi connectivity index (χ1n) is 6.68. The summed E-state index contributed by atoms with van der Waals surface area (Å²) < 4.78 is 13.2. The zero-order valence-electron chi connectivity index (χ0n) is 11.5. The molecular formula is C16H13FN2O2. The number of aryl methyl sites for hydroxylation is 1. The SMILES string of the molecule is CCc1ccc2c(c1)C(=O)C(=O)N2Cc1cncc(F)c1. The first-order chi connectivity index (χ1) is 10.1. The Labute approximate surface area is 121 Å². The smallest absolute Gasteiger partial charge is 0.299 e. The number of ketones is 1. The predicted octanol–water partition coefficient (Wildman–Crippen LogP) is 2.51. The maximum absolute atomic E-state index is 13.2. The number of carbonyl (C=O) groups is 2. The van der Waals surface area contributed by atoms with Gasteiger partial charge in [0, 0.05) is 6.20 Å². The molecule has 3 rings (SSSR count). The van der Waals surface area contributed by atoms with Crippen molar-refractivity contribution in [3.63, 3.8) is 0 Å². The van der Waals surface area contributed by atoms with Gasteiger partial charge >= 0.3 is 0 Å². The Bertz CT molecular complexity index is 743. The standard InChI is InChI=1S/C16H13FN2O2/c1-2-10-3-4-14-13(6-10)15(20)16(21)19(14)9-11-5-12(17)8-18-7-11/h3-8H,2,9H2,1H3. The third-order valence-corrected chi connectivity index (χ3v) is 3.55. The van der Waals surface area contributed by atoms with E-state index in [9.17, 15) is 14.0 Å². The number of pyridine rings is 1. The van der Waals surface area contributed by atoms with Gasteiger partial charge in [-0.2, -0.15) is 0 Å². The number of fused-ring (bicyclic) bond motifs is 1. The number of hydrogen-bond acceptors (Lipinski definition) is 3. The monoisotopic (exact) mass is 284 g/mol. The second-order valence-corrected chi connectivity index (χ2v) is 4.94. The molecule has 1 aromatic carbocycles. The Balaban J connectivity index is 1.98. The number of aromatic nitrogens is 1. The zero-order valence-corrected chi connectivity index (χ0v) is 11.5. The molecule has 0 bridgehead atoms. The Kier molecular flexibility index (Phi) is 3.25. The number of anilines is 1. The van der Waals surface area contributed by atoms with E-state index in [4.69, 9.17) is 0 Å². The molecule has 21 heavy (non-hydrogen) atoms. The average molecular weight is 284 g/mol. The molecule has 0 atom stereocenters. The lowest BCUT2D eigenvalue weighted by Crippen LogP contribution is -2.29. The van der Waals surface area contributed by atoms with Crippen molar-refractivity contribution in [1.29, 1.82) is 0 Å². The summed E-state index contributed by atoms with van der Waals surface area (Å²) in [5.41, 5.74) is 2.54. The molecule has 1 aliphatic heterocycles. The van der Waals surface area contributed by atoms with Crippen LogP contribution in [0.5, 0.6) is 0 Å². The van der Waals surface area contributed by atoms with Crippen LogP contribution in [0.1, 0.15) is 28.4 Å². The summed E-state index contributed by atoms with van der Waals surface area (Å²) in [5, 5.41) is 0. The van der Waals surface area contributed by atoms with Gasteiger partial charge in [-0.15, -0.1) is 0 Å². The average Bonchev–Trinajstić information content (AvgIpc) is 2.72. The van der Waals surface area contributed by atoms with E-state index < -0.39 is 17.5 Å². The van der Waals surface area contributed by atoms with Crippen LogP contribution in [-0.4, -0.2) is 16.7 Å². The van der Waals surface area contributed by atoms with Crippen LogP contribution >= 0.6 is 0 Å². The van der Waals surface area contributed by atoms with Crippen molar-refractivity contribution < 1.29 is 14.0 Å². The summed E-state index contributed by atoms with van der Waals surface area (Å²) in [7, 11) is 0. The second kappa shape index (κ2) is 5.09. The highest BCUT2D eigenvalue weighted by molar-refractivity contribution is 6.52. The molecule has 2 heterocycles. The highest BCUT2D eigenvalue weighted by Crippen LogP contribution is 2.31. The number of Topliss-reactive ketones (excluding diaryl/α,β-unsaturated/α-hetero) is 1. The summed E-state index contributed by atoms with van der Waals surface area (Å²) in [4.78, 5) is 29.3. The molecule has 1 aromatic heterocycles. The van der Waals surface area contributed by atoms with Crippen LogP contribution in [0.4, 0.5) is 10.1 Å². The molecule has 1 amide bonds. The minimum Gasteiger partial charge on any atom is -0.300 e. The number of halogens is 1. The quantitative estimate of drug-likeness (QED) is 0.814. The molecule has 4 nitrogen and oxygen atoms in total. The molecule has 0 fully saturated rings. The molecule has 0 N–H and O–H groups in total. The summed E-state index contributed by atoms with van der Waals surface area (Å²) in [6, 6.07) is 6.72. The van der Waals surface area contributed by atoms with E-state index in [0.29, 0.717) is 16.8 Å². The number of hydrogen-bond donors (Lipinski definition) is 0. The molecule has 5 heteroatoms. The van der Waals surface area contributed by atoms with Crippen molar-refractivity contribution in [3.8, 4) is 0 Å². The highest BCUT2D eigenvalue weighted by Gasteiger charge is 2.35. The topological polar surface area (TPSA) is 50.3 Å². The van der Waals surface area contributed by atoms with Gasteiger partial charge in [-0.05, 0) is 35.7 Å². The molecule has 0 saturated heterocycles. The van der Waals surface area contributed by atoms with Crippen LogP contribution in [0, 0.1) is 5.82 Å². The first-order valence-corrected chi connectivity index (χ1v) is 6.68. The third kappa shape index (κ3) is 2.31. The molecule has 0 aliphatic carbocycles. The van der Waals surface area contributed by atoms with Crippen LogP contribution in [0.2, 0.25) is 0 Å². The van der Waals surface area contributed by atoms with Gasteiger partial charge in [0.1, 0.15) is 5.82 Å². The van der Waals surface area contributed by atoms with E-state index in [1.54, 1.807) is 12.1 Å². The lowest BCUT2D eigenvalue weighted by atomic mass is 10.1. The lowest BCUT2D eigenvalue weighted by Gasteiger charge is -2.16. The van der Waals surface area contributed by atoms with Crippen molar-refractivity contribution in [1.82, 2.24) is 4.98 Å². The van der Waals surface area contributed by atoms with Gasteiger partial charge in [0.05, 0.1) is 24.0 Å². The molecule has 0 unspecified atom stereocenters. The van der Waals surface area contributed by atoms with Crippen molar-refractivity contribution in [2.24, 2.45) is 0 Å². The molecule has 2 aromatic rings. The maximum atomic E-state index is 13.2. The van der Waals surface area contributed by atoms with E-state index in [1.807, 2.05) is 13.0 Å². The Morgan fingerprint density at radius 3 is 2.67 bits per heavy atom. The fourth-order valence-electron chi connectivity index (χ4n) is 2.45. The van der Waals surface area contributed by atoms with E-state index >= 15 is 0 Å². The van der Waals surface area contributed by atoms with Crippen molar-refractivity contribution in [3.05, 3.63) is 59.2 Å². The molecule has 1 aliphatic rings. The largest absolute Gasteiger partial charge is 0.300 e. The number of amides is 1. The molecule has 0 saturated carbocycles. The van der Waals surface area contributed by atoms with Gasteiger partial charge in [-0.3, -0.25) is 14.6 Å². The molecule has 0 spiro atoms. The Hall–Kier alpha value is -2.56. The molecule has 0 radical (unpaired) electrons. The van der Waals surface area contributed by atoms with Crippen LogP contribution in [0.25, 0.3) is 0 Å². The van der Waals surface area contributed by atoms with E-state index in [0.717, 1.165) is 18.2 Å². The van der Waals surface area contributed by atoms with Crippen molar-refractivity contribution in [2.45, 2.75) is 19.9 Å². The van der Waals surface area contributed by atoms with Crippen molar-refractivity contribution in [2.75, 3.05) is 4.90 Å². The van der Waals surface area contributed by atoms with E-state index in [2.05, 4.69) is 4.98 Å². The fourth-order valence-corrected chi connectivity index (χ4v) is 2.45. The zero-order chi connectivity index (χ0) is 15.0. The van der Waals surface area contributed by atoms with Crippen molar-refractivity contribution >= 4 is 17.4 Å². The highest BCUT2D eigenvalue weighted by atomic mass is 19.1. The van der Waals surface area contributed by atoms with Crippen LogP contribution in [0.3, 0.4) is 0 Å². The Morgan fingerprint density at radius 1 is 1.14 bits per heavy atom. The van der Waals surface area contributed by atoms with Gasteiger partial charge in [-0.25, -0.2) is 4.39 Å². The molecule has 106 valence electrons. The van der Waals surface area contributed by atoms with Crippen LogP contribution in [-0.2, 0) is 17.8 Å². The number of benzene rings is 1. The number of rotatable bonds is 3. The lowest BCUT2D eigenvalue weighted by molar-refractivity contribution is -0.114. The third-order valence-electron chi connectivity index (χ3n) is 3.55. The van der Waals surface area contributed by atoms with Gasteiger partial charge < -0.3 is 4.90 Å². The minimum absolute atomic E-state index is 0.133. The first kappa shape index (κ1) is 13.4. The molecular weight excluding hydrogens is 271 g/mol. The predicted molar refractivity (Wildman–Crippen MR) is 75.5 cm³/mol. The second-order valence-electron chi connectivity index (χ2n) is 4.94. The summed E-state index contributed by atoms with van der Waals surface area (Å²) >= 11 is 0. The van der Waals surface area contributed by atoms with E-state index in [-0.39, 0.29) is 6.54 Å². The van der Waals surface area contributed by atoms with E-state index in [1.165, 1.54) is 17.2 Å². The van der Waals surface area contributed by atoms with Crippen LogP contribution in [0.15, 0.2) is 36.7 Å². The fraction of sp³-hybridized carbons (Fsp3) is 0.188. The van der Waals surface area contributed by atoms with Gasteiger partial charge in [0.2, 0.25) is 0 Å². The minimum atomic E-state index is -0.581. The summed E-state index contributed by atoms with van der Waals surface area (Å²) in [6.45, 7) is 2.12. The van der Waals surface area contributed by atoms with Gasteiger partial charge in [0.15, 0.2) is 0 Å².